The SMILES string of the molecule is CCNC(=O)CCOc1cccc(N)c1Br. The Morgan fingerprint density at radius 1 is 1.56 bits per heavy atom. The first-order chi connectivity index (χ1) is 7.65. The molecule has 0 atom stereocenters. The van der Waals surface area contributed by atoms with E-state index in [1.807, 2.05) is 13.0 Å². The number of benzene rings is 1. The highest BCUT2D eigenvalue weighted by molar-refractivity contribution is 9.10. The Hall–Kier alpha value is -1.23. The molecule has 0 aromatic heterocycles. The second kappa shape index (κ2) is 6.37. The lowest BCUT2D eigenvalue weighted by molar-refractivity contribution is -0.121. The number of nitrogens with one attached hydrogen (secondary N) is 1. The highest BCUT2D eigenvalue weighted by atomic mass is 79.9. The number of carbonyl (C=O) groups excluding carboxylic acids is 1. The van der Waals surface area contributed by atoms with Crippen LogP contribution in [0.15, 0.2) is 22.7 Å². The van der Waals surface area contributed by atoms with Crippen LogP contribution in [0.4, 0.5) is 5.69 Å². The van der Waals surface area contributed by atoms with Gasteiger partial charge in [-0.25, -0.2) is 0 Å². The molecule has 0 aliphatic heterocycles. The Bertz CT molecular complexity index is 369. The first-order valence-electron chi connectivity index (χ1n) is 5.08. The largest absolute Gasteiger partial charge is 0.492 e. The Balaban J connectivity index is 2.43. The standard InChI is InChI=1S/C11H15BrN2O2/c1-2-14-10(15)6-7-16-9-5-3-4-8(13)11(9)12/h3-5H,2,6-7,13H2,1H3,(H,14,15). The maximum atomic E-state index is 11.2. The molecule has 88 valence electrons. The summed E-state index contributed by atoms with van der Waals surface area (Å²) in [5.41, 5.74) is 6.31. The van der Waals surface area contributed by atoms with Crippen molar-refractivity contribution in [2.24, 2.45) is 0 Å². The lowest BCUT2D eigenvalue weighted by Crippen LogP contribution is -2.24. The molecule has 1 aromatic rings. The van der Waals surface area contributed by atoms with Crippen LogP contribution in [0.3, 0.4) is 0 Å². The number of carbonyl (C=O) groups is 1. The van der Waals surface area contributed by atoms with Crippen LogP contribution in [0, 0.1) is 0 Å². The van der Waals surface area contributed by atoms with Gasteiger partial charge in [0.25, 0.3) is 0 Å². The number of amides is 1. The highest BCUT2D eigenvalue weighted by Gasteiger charge is 2.05. The summed E-state index contributed by atoms with van der Waals surface area (Å²) < 4.78 is 6.17. The zero-order valence-corrected chi connectivity index (χ0v) is 10.7. The Morgan fingerprint density at radius 2 is 2.31 bits per heavy atom. The fourth-order valence-electron chi connectivity index (χ4n) is 1.18. The van der Waals surface area contributed by atoms with Crippen LogP contribution in [0.25, 0.3) is 0 Å². The molecule has 0 saturated heterocycles. The maximum Gasteiger partial charge on any atom is 0.223 e. The average Bonchev–Trinajstić information content (AvgIpc) is 2.25. The summed E-state index contributed by atoms with van der Waals surface area (Å²) in [6, 6.07) is 5.39. The van der Waals surface area contributed by atoms with Crippen molar-refractivity contribution < 1.29 is 9.53 Å². The summed E-state index contributed by atoms with van der Waals surface area (Å²) in [7, 11) is 0. The molecule has 1 aromatic carbocycles. The number of nitrogens with two attached hydrogens (primary N) is 1. The van der Waals surface area contributed by atoms with Crippen LogP contribution < -0.4 is 15.8 Å². The van der Waals surface area contributed by atoms with Gasteiger partial charge in [0.2, 0.25) is 5.91 Å². The molecule has 0 saturated carbocycles. The molecule has 4 nitrogen and oxygen atoms in total. The van der Waals surface area contributed by atoms with Gasteiger partial charge in [0.1, 0.15) is 5.75 Å². The van der Waals surface area contributed by atoms with Crippen molar-refractivity contribution >= 4 is 27.5 Å². The van der Waals surface area contributed by atoms with Crippen LogP contribution in [-0.4, -0.2) is 19.1 Å². The van der Waals surface area contributed by atoms with E-state index in [-0.39, 0.29) is 5.91 Å². The van der Waals surface area contributed by atoms with Crippen LogP contribution in [0.1, 0.15) is 13.3 Å². The van der Waals surface area contributed by atoms with Gasteiger partial charge in [-0.3, -0.25) is 4.79 Å². The molecule has 16 heavy (non-hydrogen) atoms. The lowest BCUT2D eigenvalue weighted by atomic mass is 10.3. The minimum atomic E-state index is -0.0116. The van der Waals surface area contributed by atoms with Gasteiger partial charge in [-0.2, -0.15) is 0 Å². The maximum absolute atomic E-state index is 11.2. The predicted octanol–water partition coefficient (Wildman–Crippen LogP) is 1.94. The Morgan fingerprint density at radius 3 is 3.00 bits per heavy atom. The molecule has 0 radical (unpaired) electrons. The lowest BCUT2D eigenvalue weighted by Gasteiger charge is -2.09. The molecule has 1 rings (SSSR count). The van der Waals surface area contributed by atoms with E-state index in [9.17, 15) is 4.79 Å². The van der Waals surface area contributed by atoms with E-state index in [0.717, 1.165) is 4.47 Å². The van der Waals surface area contributed by atoms with Crippen molar-refractivity contribution in [1.82, 2.24) is 5.32 Å². The first kappa shape index (κ1) is 12.8. The molecule has 5 heteroatoms. The summed E-state index contributed by atoms with van der Waals surface area (Å²) >= 11 is 3.33. The van der Waals surface area contributed by atoms with Crippen LogP contribution >= 0.6 is 15.9 Å². The second-order valence-corrected chi connectivity index (χ2v) is 4.00. The van der Waals surface area contributed by atoms with Crippen LogP contribution in [0.2, 0.25) is 0 Å². The molecule has 0 unspecified atom stereocenters. The van der Waals surface area contributed by atoms with Crippen molar-refractivity contribution in [2.45, 2.75) is 13.3 Å². The van der Waals surface area contributed by atoms with E-state index in [1.165, 1.54) is 0 Å². The van der Waals surface area contributed by atoms with Gasteiger partial charge in [0.05, 0.1) is 17.5 Å². The summed E-state index contributed by atoms with van der Waals surface area (Å²) in [6.45, 7) is 2.86. The van der Waals surface area contributed by atoms with Crippen LogP contribution in [-0.2, 0) is 4.79 Å². The van der Waals surface area contributed by atoms with Gasteiger partial charge in [0, 0.05) is 12.2 Å². The highest BCUT2D eigenvalue weighted by Crippen LogP contribution is 2.30. The third kappa shape index (κ3) is 3.73. The summed E-state index contributed by atoms with van der Waals surface area (Å²) in [6.07, 6.45) is 0.342. The number of hydrogen-bond acceptors (Lipinski definition) is 3. The average molecular weight is 287 g/mol. The number of anilines is 1. The molecule has 0 heterocycles. The second-order valence-electron chi connectivity index (χ2n) is 3.21. The third-order valence-corrected chi connectivity index (χ3v) is 2.80. The van der Waals surface area contributed by atoms with Crippen molar-refractivity contribution in [3.63, 3.8) is 0 Å². The van der Waals surface area contributed by atoms with E-state index in [2.05, 4.69) is 21.2 Å². The minimum absolute atomic E-state index is 0.0116. The van der Waals surface area contributed by atoms with Crippen LogP contribution in [0.5, 0.6) is 5.75 Å². The van der Waals surface area contributed by atoms with Gasteiger partial charge in [0.15, 0.2) is 0 Å². The van der Waals surface area contributed by atoms with E-state index >= 15 is 0 Å². The normalized spacial score (nSPS) is 9.88. The molecule has 1 amide bonds. The van der Waals surface area contributed by atoms with E-state index < -0.39 is 0 Å². The molecular weight excluding hydrogens is 272 g/mol. The molecule has 3 N–H and O–H groups in total. The number of halogens is 1. The quantitative estimate of drug-likeness (QED) is 0.813. The van der Waals surface area contributed by atoms with Gasteiger partial charge < -0.3 is 15.8 Å². The molecule has 0 bridgehead atoms. The molecule has 0 fully saturated rings. The Labute approximate surface area is 103 Å². The number of hydrogen-bond donors (Lipinski definition) is 2. The summed E-state index contributed by atoms with van der Waals surface area (Å²) in [5, 5.41) is 2.70. The van der Waals surface area contributed by atoms with Gasteiger partial charge >= 0.3 is 0 Å². The van der Waals surface area contributed by atoms with E-state index in [1.54, 1.807) is 12.1 Å². The zero-order valence-electron chi connectivity index (χ0n) is 9.13. The number of ether oxygens (including phenoxy) is 1. The molecule has 0 aliphatic carbocycles. The number of rotatable bonds is 5. The monoisotopic (exact) mass is 286 g/mol. The summed E-state index contributed by atoms with van der Waals surface area (Å²) in [4.78, 5) is 11.2. The smallest absolute Gasteiger partial charge is 0.223 e. The van der Waals surface area contributed by atoms with Gasteiger partial charge in [-0.15, -0.1) is 0 Å². The topological polar surface area (TPSA) is 64.3 Å². The first-order valence-corrected chi connectivity index (χ1v) is 5.88. The minimum Gasteiger partial charge on any atom is -0.492 e. The summed E-state index contributed by atoms with van der Waals surface area (Å²) in [5.74, 6) is 0.645. The fourth-order valence-corrected chi connectivity index (χ4v) is 1.56. The molecule has 0 aliphatic rings. The zero-order chi connectivity index (χ0) is 12.0. The van der Waals surface area contributed by atoms with Gasteiger partial charge in [-0.05, 0) is 35.0 Å². The van der Waals surface area contributed by atoms with E-state index in [0.29, 0.717) is 31.0 Å². The van der Waals surface area contributed by atoms with E-state index in [4.69, 9.17) is 10.5 Å². The Kier molecular flexibility index (Phi) is 5.11. The fraction of sp³-hybridized carbons (Fsp3) is 0.364. The third-order valence-electron chi connectivity index (χ3n) is 1.95. The van der Waals surface area contributed by atoms with Crippen molar-refractivity contribution in [1.29, 1.82) is 0 Å². The number of nitrogen functional groups attached to an aromatic ring is 1. The van der Waals surface area contributed by atoms with Gasteiger partial charge in [-0.1, -0.05) is 6.07 Å². The molecule has 0 spiro atoms. The predicted molar refractivity (Wildman–Crippen MR) is 67.4 cm³/mol. The van der Waals surface area contributed by atoms with Crippen molar-refractivity contribution in [3.8, 4) is 5.75 Å². The molecular formula is C11H15BrN2O2. The van der Waals surface area contributed by atoms with Crippen molar-refractivity contribution in [2.75, 3.05) is 18.9 Å². The van der Waals surface area contributed by atoms with Crippen molar-refractivity contribution in [3.05, 3.63) is 22.7 Å².